The van der Waals surface area contributed by atoms with Crippen molar-refractivity contribution in [2.24, 2.45) is 0 Å². The Labute approximate surface area is 144 Å². The minimum absolute atomic E-state index is 0.630. The number of ether oxygens (including phenoxy) is 1. The van der Waals surface area contributed by atoms with Crippen molar-refractivity contribution in [3.63, 3.8) is 0 Å². The van der Waals surface area contributed by atoms with Crippen molar-refractivity contribution >= 4 is 5.69 Å². The number of hydrogen-bond donors (Lipinski definition) is 0. The van der Waals surface area contributed by atoms with Crippen LogP contribution < -0.4 is 4.90 Å². The Bertz CT molecular complexity index is 742. The van der Waals surface area contributed by atoms with Crippen molar-refractivity contribution in [2.75, 3.05) is 26.1 Å². The highest BCUT2D eigenvalue weighted by molar-refractivity contribution is 5.54. The smallest absolute Gasteiger partial charge is 0.143 e. The van der Waals surface area contributed by atoms with Crippen molar-refractivity contribution in [1.82, 2.24) is 0 Å². The Hall–Kier alpha value is -2.58. The fraction of sp³-hybridized carbons (Fsp3) is 0.182. The zero-order valence-electron chi connectivity index (χ0n) is 14.4. The summed E-state index contributed by atoms with van der Waals surface area (Å²) in [5.41, 5.74) is 3.88. The number of benzene rings is 3. The standard InChI is InChI=1S/C22H23NO/c1-23(2)21-16-10-15-20(17-21)22(24-3,18-11-6-4-7-12-18)19-13-8-5-9-14-19/h4-17H,1-3H3. The van der Waals surface area contributed by atoms with E-state index in [1.54, 1.807) is 7.11 Å². The van der Waals surface area contributed by atoms with Crippen LogP contribution in [0.1, 0.15) is 16.7 Å². The van der Waals surface area contributed by atoms with Gasteiger partial charge in [-0.25, -0.2) is 0 Å². The van der Waals surface area contributed by atoms with Gasteiger partial charge in [0, 0.05) is 26.9 Å². The van der Waals surface area contributed by atoms with Gasteiger partial charge in [-0.3, -0.25) is 0 Å². The SMILES string of the molecule is COC(c1ccccc1)(c1ccccc1)c1cccc(N(C)C)c1. The van der Waals surface area contributed by atoms with Crippen LogP contribution in [-0.2, 0) is 10.3 Å². The number of rotatable bonds is 5. The predicted octanol–water partition coefficient (Wildman–Crippen LogP) is 4.69. The molecule has 3 aromatic carbocycles. The molecular formula is C22H23NO. The van der Waals surface area contributed by atoms with E-state index in [-0.39, 0.29) is 0 Å². The van der Waals surface area contributed by atoms with Gasteiger partial charge in [-0.1, -0.05) is 72.8 Å². The van der Waals surface area contributed by atoms with Gasteiger partial charge in [0.25, 0.3) is 0 Å². The molecule has 24 heavy (non-hydrogen) atoms. The summed E-state index contributed by atoms with van der Waals surface area (Å²) in [6, 6.07) is 29.3. The molecule has 0 aliphatic rings. The molecule has 0 aliphatic heterocycles. The van der Waals surface area contributed by atoms with Crippen LogP contribution in [0.15, 0.2) is 84.9 Å². The summed E-state index contributed by atoms with van der Waals surface area (Å²) < 4.78 is 6.21. The van der Waals surface area contributed by atoms with Crippen LogP contribution >= 0.6 is 0 Å². The highest BCUT2D eigenvalue weighted by Gasteiger charge is 2.36. The first-order valence-electron chi connectivity index (χ1n) is 8.12. The van der Waals surface area contributed by atoms with E-state index in [9.17, 15) is 0 Å². The van der Waals surface area contributed by atoms with Gasteiger partial charge >= 0.3 is 0 Å². The van der Waals surface area contributed by atoms with E-state index in [1.165, 1.54) is 0 Å². The lowest BCUT2D eigenvalue weighted by Gasteiger charge is -2.35. The van der Waals surface area contributed by atoms with Crippen LogP contribution in [-0.4, -0.2) is 21.2 Å². The monoisotopic (exact) mass is 317 g/mol. The third kappa shape index (κ3) is 2.81. The van der Waals surface area contributed by atoms with Gasteiger partial charge in [-0.15, -0.1) is 0 Å². The summed E-state index contributed by atoms with van der Waals surface area (Å²) in [5, 5.41) is 0. The molecular weight excluding hydrogens is 294 g/mol. The second kappa shape index (κ2) is 6.90. The Kier molecular flexibility index (Phi) is 4.68. The van der Waals surface area contributed by atoms with Crippen LogP contribution in [0.5, 0.6) is 0 Å². The normalized spacial score (nSPS) is 11.3. The molecule has 0 saturated heterocycles. The fourth-order valence-corrected chi connectivity index (χ4v) is 3.20. The van der Waals surface area contributed by atoms with Gasteiger partial charge in [0.1, 0.15) is 5.60 Å². The molecule has 0 unspecified atom stereocenters. The van der Waals surface area contributed by atoms with E-state index in [2.05, 4.69) is 91.8 Å². The lowest BCUT2D eigenvalue weighted by atomic mass is 9.80. The van der Waals surface area contributed by atoms with Crippen LogP contribution in [0, 0.1) is 0 Å². The number of hydrogen-bond acceptors (Lipinski definition) is 2. The summed E-state index contributed by atoms with van der Waals surface area (Å²) in [5.74, 6) is 0. The number of methoxy groups -OCH3 is 1. The van der Waals surface area contributed by atoms with Crippen molar-refractivity contribution < 1.29 is 4.74 Å². The zero-order valence-corrected chi connectivity index (χ0v) is 14.4. The second-order valence-electron chi connectivity index (χ2n) is 6.06. The maximum absolute atomic E-state index is 6.21. The molecule has 2 nitrogen and oxygen atoms in total. The number of anilines is 1. The lowest BCUT2D eigenvalue weighted by molar-refractivity contribution is 0.0585. The maximum atomic E-state index is 6.21. The van der Waals surface area contributed by atoms with Crippen molar-refractivity contribution in [2.45, 2.75) is 5.60 Å². The van der Waals surface area contributed by atoms with Crippen LogP contribution in [0.4, 0.5) is 5.69 Å². The Morgan fingerprint density at radius 3 is 1.62 bits per heavy atom. The van der Waals surface area contributed by atoms with Crippen LogP contribution in [0.3, 0.4) is 0 Å². The van der Waals surface area contributed by atoms with E-state index in [1.807, 2.05) is 12.1 Å². The van der Waals surface area contributed by atoms with Crippen LogP contribution in [0.2, 0.25) is 0 Å². The van der Waals surface area contributed by atoms with E-state index in [0.717, 1.165) is 22.4 Å². The van der Waals surface area contributed by atoms with Gasteiger partial charge in [0.05, 0.1) is 0 Å². The Morgan fingerprint density at radius 1 is 0.667 bits per heavy atom. The highest BCUT2D eigenvalue weighted by atomic mass is 16.5. The summed E-state index contributed by atoms with van der Waals surface area (Å²) in [7, 11) is 5.89. The lowest BCUT2D eigenvalue weighted by Crippen LogP contribution is -2.31. The molecule has 0 atom stereocenters. The van der Waals surface area contributed by atoms with Crippen molar-refractivity contribution in [3.05, 3.63) is 102 Å². The van der Waals surface area contributed by atoms with Gasteiger partial charge in [-0.05, 0) is 28.8 Å². The summed E-state index contributed by atoms with van der Waals surface area (Å²) in [4.78, 5) is 2.11. The molecule has 0 saturated carbocycles. The summed E-state index contributed by atoms with van der Waals surface area (Å²) in [6.07, 6.45) is 0. The molecule has 0 aliphatic carbocycles. The number of nitrogens with zero attached hydrogens (tertiary/aromatic N) is 1. The molecule has 0 N–H and O–H groups in total. The first-order valence-corrected chi connectivity index (χ1v) is 8.12. The van der Waals surface area contributed by atoms with Gasteiger partial charge in [0.15, 0.2) is 0 Å². The van der Waals surface area contributed by atoms with Gasteiger partial charge in [0.2, 0.25) is 0 Å². The van der Waals surface area contributed by atoms with E-state index < -0.39 is 5.60 Å². The Balaban J connectivity index is 2.28. The fourth-order valence-electron chi connectivity index (χ4n) is 3.20. The highest BCUT2D eigenvalue weighted by Crippen LogP contribution is 2.40. The molecule has 0 spiro atoms. The van der Waals surface area contributed by atoms with E-state index in [4.69, 9.17) is 4.74 Å². The first kappa shape index (κ1) is 16.3. The largest absolute Gasteiger partial charge is 0.378 e. The molecule has 0 amide bonds. The van der Waals surface area contributed by atoms with Gasteiger partial charge in [-0.2, -0.15) is 0 Å². The quantitative estimate of drug-likeness (QED) is 0.633. The van der Waals surface area contributed by atoms with Crippen molar-refractivity contribution in [3.8, 4) is 0 Å². The minimum atomic E-state index is -0.630. The second-order valence-corrected chi connectivity index (χ2v) is 6.06. The molecule has 3 rings (SSSR count). The average molecular weight is 317 g/mol. The van der Waals surface area contributed by atoms with E-state index in [0.29, 0.717) is 0 Å². The molecule has 122 valence electrons. The topological polar surface area (TPSA) is 12.5 Å². The summed E-state index contributed by atoms with van der Waals surface area (Å²) in [6.45, 7) is 0. The minimum Gasteiger partial charge on any atom is -0.378 e. The molecule has 0 heterocycles. The average Bonchev–Trinajstić information content (AvgIpc) is 2.65. The van der Waals surface area contributed by atoms with Gasteiger partial charge < -0.3 is 9.64 Å². The molecule has 0 radical (unpaired) electrons. The third-order valence-corrected chi connectivity index (χ3v) is 4.44. The zero-order chi connectivity index (χ0) is 17.0. The Morgan fingerprint density at radius 2 is 1.17 bits per heavy atom. The molecule has 0 bridgehead atoms. The van der Waals surface area contributed by atoms with Crippen LogP contribution in [0.25, 0.3) is 0 Å². The third-order valence-electron chi connectivity index (χ3n) is 4.44. The molecule has 0 fully saturated rings. The molecule has 0 aromatic heterocycles. The summed E-state index contributed by atoms with van der Waals surface area (Å²) >= 11 is 0. The maximum Gasteiger partial charge on any atom is 0.143 e. The molecule has 2 heteroatoms. The van der Waals surface area contributed by atoms with E-state index >= 15 is 0 Å². The van der Waals surface area contributed by atoms with Crippen molar-refractivity contribution in [1.29, 1.82) is 0 Å². The predicted molar refractivity (Wildman–Crippen MR) is 101 cm³/mol. The first-order chi connectivity index (χ1) is 11.7. The molecule has 3 aromatic rings.